The fraction of sp³-hybridized carbons (Fsp3) is 0.200. The molecule has 0 fully saturated rings. The van der Waals surface area contributed by atoms with Gasteiger partial charge in [0.1, 0.15) is 0 Å². The molecule has 1 aromatic carbocycles. The van der Waals surface area contributed by atoms with E-state index in [9.17, 15) is 0 Å². The number of nitrogens with one attached hydrogen (secondary N) is 2. The molecule has 0 aliphatic heterocycles. The summed E-state index contributed by atoms with van der Waals surface area (Å²) < 4.78 is 0. The Balaban J connectivity index is 1.74. The molecule has 4 heteroatoms. The summed E-state index contributed by atoms with van der Waals surface area (Å²) in [6.45, 7) is 3.45. The average Bonchev–Trinajstić information content (AvgIpc) is 2.45. The van der Waals surface area contributed by atoms with Gasteiger partial charge in [-0.15, -0.1) is 0 Å². The molecule has 2 N–H and O–H groups in total. The Labute approximate surface area is 119 Å². The minimum atomic E-state index is 0.639. The van der Waals surface area contributed by atoms with Crippen LogP contribution in [0, 0.1) is 6.92 Å². The van der Waals surface area contributed by atoms with E-state index < -0.39 is 0 Å². The summed E-state index contributed by atoms with van der Waals surface area (Å²) in [7, 11) is 0. The maximum absolute atomic E-state index is 5.23. The lowest BCUT2D eigenvalue weighted by atomic mass is 10.1. The lowest BCUT2D eigenvalue weighted by Crippen LogP contribution is -2.34. The van der Waals surface area contributed by atoms with Crippen LogP contribution >= 0.6 is 12.2 Å². The lowest BCUT2D eigenvalue weighted by Gasteiger charge is -2.10. The monoisotopic (exact) mass is 271 g/mol. The standard InChI is InChI=1S/C15H17N3S/c1-12-5-7-13(8-6-12)10-17-15(19)18-11-14-4-2-3-9-16-14/h2-9H,10-11H2,1H3,(H2,17,18,19). The van der Waals surface area contributed by atoms with Gasteiger partial charge in [0.25, 0.3) is 0 Å². The molecule has 0 saturated carbocycles. The number of hydrogen-bond donors (Lipinski definition) is 2. The number of nitrogens with zero attached hydrogens (tertiary/aromatic N) is 1. The number of aromatic nitrogens is 1. The molecule has 0 saturated heterocycles. The maximum Gasteiger partial charge on any atom is 0.166 e. The highest BCUT2D eigenvalue weighted by molar-refractivity contribution is 7.80. The van der Waals surface area contributed by atoms with Crippen molar-refractivity contribution in [2.45, 2.75) is 20.0 Å². The van der Waals surface area contributed by atoms with Crippen LogP contribution in [0.1, 0.15) is 16.8 Å². The Morgan fingerprint density at radius 3 is 2.47 bits per heavy atom. The fourth-order valence-electron chi connectivity index (χ4n) is 1.62. The molecule has 98 valence electrons. The summed E-state index contributed by atoms with van der Waals surface area (Å²) >= 11 is 5.23. The SMILES string of the molecule is Cc1ccc(CNC(=S)NCc2ccccn2)cc1. The van der Waals surface area contributed by atoms with Gasteiger partial charge in [-0.05, 0) is 36.8 Å². The summed E-state index contributed by atoms with van der Waals surface area (Å²) in [5.41, 5.74) is 3.45. The third kappa shape index (κ3) is 4.67. The van der Waals surface area contributed by atoms with Crippen molar-refractivity contribution in [2.24, 2.45) is 0 Å². The molecule has 0 aliphatic carbocycles. The first-order chi connectivity index (χ1) is 9.24. The quantitative estimate of drug-likeness (QED) is 0.838. The van der Waals surface area contributed by atoms with E-state index in [1.165, 1.54) is 11.1 Å². The minimum Gasteiger partial charge on any atom is -0.359 e. The summed E-state index contributed by atoms with van der Waals surface area (Å²) in [5, 5.41) is 6.96. The third-order valence-electron chi connectivity index (χ3n) is 2.73. The van der Waals surface area contributed by atoms with Crippen molar-refractivity contribution < 1.29 is 0 Å². The van der Waals surface area contributed by atoms with Gasteiger partial charge in [0.05, 0.1) is 12.2 Å². The minimum absolute atomic E-state index is 0.639. The van der Waals surface area contributed by atoms with Gasteiger partial charge in [-0.25, -0.2) is 0 Å². The van der Waals surface area contributed by atoms with Crippen molar-refractivity contribution in [2.75, 3.05) is 0 Å². The van der Waals surface area contributed by atoms with E-state index in [2.05, 4.69) is 46.8 Å². The molecule has 19 heavy (non-hydrogen) atoms. The fourth-order valence-corrected chi connectivity index (χ4v) is 1.77. The van der Waals surface area contributed by atoms with Crippen molar-refractivity contribution in [3.63, 3.8) is 0 Å². The van der Waals surface area contributed by atoms with E-state index in [4.69, 9.17) is 12.2 Å². The van der Waals surface area contributed by atoms with E-state index in [0.717, 1.165) is 12.2 Å². The molecule has 0 spiro atoms. The molecule has 1 aromatic heterocycles. The Hall–Kier alpha value is -1.94. The number of rotatable bonds is 4. The Morgan fingerprint density at radius 2 is 1.79 bits per heavy atom. The number of benzene rings is 1. The van der Waals surface area contributed by atoms with Crippen LogP contribution in [0.3, 0.4) is 0 Å². The van der Waals surface area contributed by atoms with E-state index in [1.807, 2.05) is 18.2 Å². The highest BCUT2D eigenvalue weighted by Gasteiger charge is 1.97. The molecule has 0 radical (unpaired) electrons. The van der Waals surface area contributed by atoms with Gasteiger partial charge >= 0.3 is 0 Å². The first-order valence-corrected chi connectivity index (χ1v) is 6.62. The predicted octanol–water partition coefficient (Wildman–Crippen LogP) is 2.55. The van der Waals surface area contributed by atoms with Crippen LogP contribution in [0.4, 0.5) is 0 Å². The van der Waals surface area contributed by atoms with E-state index in [0.29, 0.717) is 11.7 Å². The molecule has 0 unspecified atom stereocenters. The van der Waals surface area contributed by atoms with Crippen molar-refractivity contribution in [1.29, 1.82) is 0 Å². The number of aryl methyl sites for hydroxylation is 1. The molecule has 2 aromatic rings. The number of pyridine rings is 1. The second-order valence-corrected chi connectivity index (χ2v) is 4.75. The van der Waals surface area contributed by atoms with Crippen LogP contribution in [-0.4, -0.2) is 10.1 Å². The molecular formula is C15H17N3S. The van der Waals surface area contributed by atoms with Crippen LogP contribution in [-0.2, 0) is 13.1 Å². The largest absolute Gasteiger partial charge is 0.359 e. The van der Waals surface area contributed by atoms with E-state index >= 15 is 0 Å². The molecular weight excluding hydrogens is 254 g/mol. The predicted molar refractivity (Wildman–Crippen MR) is 81.7 cm³/mol. The van der Waals surface area contributed by atoms with E-state index in [-0.39, 0.29) is 0 Å². The summed E-state index contributed by atoms with van der Waals surface area (Å²) in [6, 6.07) is 14.2. The number of hydrogen-bond acceptors (Lipinski definition) is 2. The van der Waals surface area contributed by atoms with Crippen molar-refractivity contribution >= 4 is 17.3 Å². The van der Waals surface area contributed by atoms with Gasteiger partial charge in [-0.3, -0.25) is 4.98 Å². The summed E-state index contributed by atoms with van der Waals surface area (Å²) in [4.78, 5) is 4.23. The van der Waals surface area contributed by atoms with Crippen molar-refractivity contribution in [3.8, 4) is 0 Å². The first-order valence-electron chi connectivity index (χ1n) is 6.21. The van der Waals surface area contributed by atoms with Gasteiger partial charge in [-0.1, -0.05) is 35.9 Å². The second-order valence-electron chi connectivity index (χ2n) is 4.34. The molecule has 0 aliphatic rings. The van der Waals surface area contributed by atoms with Crippen LogP contribution < -0.4 is 10.6 Å². The zero-order valence-electron chi connectivity index (χ0n) is 10.9. The highest BCUT2D eigenvalue weighted by atomic mass is 32.1. The topological polar surface area (TPSA) is 37.0 Å². The van der Waals surface area contributed by atoms with Gasteiger partial charge in [0.15, 0.2) is 5.11 Å². The molecule has 0 amide bonds. The second kappa shape index (κ2) is 6.85. The lowest BCUT2D eigenvalue weighted by molar-refractivity contribution is 0.815. The molecule has 0 atom stereocenters. The summed E-state index contributed by atoms with van der Waals surface area (Å²) in [6.07, 6.45) is 1.78. The maximum atomic E-state index is 5.23. The zero-order valence-corrected chi connectivity index (χ0v) is 11.7. The van der Waals surface area contributed by atoms with Crippen LogP contribution in [0.5, 0.6) is 0 Å². The van der Waals surface area contributed by atoms with Crippen LogP contribution in [0.25, 0.3) is 0 Å². The molecule has 2 rings (SSSR count). The smallest absolute Gasteiger partial charge is 0.166 e. The Kier molecular flexibility index (Phi) is 4.86. The normalized spacial score (nSPS) is 9.95. The van der Waals surface area contributed by atoms with Crippen LogP contribution in [0.2, 0.25) is 0 Å². The number of thiocarbonyl (C=S) groups is 1. The molecule has 1 heterocycles. The first kappa shape index (κ1) is 13.5. The van der Waals surface area contributed by atoms with Crippen LogP contribution in [0.15, 0.2) is 48.7 Å². The van der Waals surface area contributed by atoms with Gasteiger partial charge in [0.2, 0.25) is 0 Å². The van der Waals surface area contributed by atoms with Crippen molar-refractivity contribution in [1.82, 2.24) is 15.6 Å². The molecule has 0 bridgehead atoms. The van der Waals surface area contributed by atoms with Gasteiger partial charge < -0.3 is 10.6 Å². The van der Waals surface area contributed by atoms with Crippen molar-refractivity contribution in [3.05, 3.63) is 65.5 Å². The summed E-state index contributed by atoms with van der Waals surface area (Å²) in [5.74, 6) is 0. The van der Waals surface area contributed by atoms with E-state index in [1.54, 1.807) is 6.20 Å². The molecule has 3 nitrogen and oxygen atoms in total. The third-order valence-corrected chi connectivity index (χ3v) is 3.02. The Bertz CT molecular complexity index is 523. The van der Waals surface area contributed by atoms with Gasteiger partial charge in [-0.2, -0.15) is 0 Å². The zero-order chi connectivity index (χ0) is 13.5. The highest BCUT2D eigenvalue weighted by Crippen LogP contribution is 2.02. The average molecular weight is 271 g/mol. The Morgan fingerprint density at radius 1 is 1.05 bits per heavy atom. The van der Waals surface area contributed by atoms with Gasteiger partial charge in [0, 0.05) is 12.7 Å².